The average Bonchev–Trinajstić information content (AvgIpc) is 2.87. The van der Waals surface area contributed by atoms with Crippen LogP contribution in [-0.2, 0) is 0 Å². The molecule has 1 aromatic carbocycles. The molecule has 0 amide bonds. The van der Waals surface area contributed by atoms with Crippen molar-refractivity contribution in [3.63, 3.8) is 0 Å². The number of hydrogen-bond acceptors (Lipinski definition) is 1. The molecule has 1 aromatic heterocycles. The Balaban J connectivity index is 2.24. The Hall–Kier alpha value is -1.83. The molecule has 0 aliphatic carbocycles. The van der Waals surface area contributed by atoms with Gasteiger partial charge in [-0.25, -0.2) is 0 Å². The van der Waals surface area contributed by atoms with Crippen LogP contribution in [0.4, 0.5) is 0 Å². The van der Waals surface area contributed by atoms with Gasteiger partial charge in [0, 0.05) is 11.3 Å². The highest BCUT2D eigenvalue weighted by molar-refractivity contribution is 6.07. The van der Waals surface area contributed by atoms with E-state index in [-0.39, 0.29) is 5.78 Å². The quantitative estimate of drug-likeness (QED) is 0.792. The summed E-state index contributed by atoms with van der Waals surface area (Å²) in [6.07, 6.45) is 1.07. The van der Waals surface area contributed by atoms with Gasteiger partial charge in [0.05, 0.1) is 5.69 Å². The fourth-order valence-corrected chi connectivity index (χ4v) is 1.80. The van der Waals surface area contributed by atoms with Gasteiger partial charge in [0.15, 0.2) is 0 Å². The van der Waals surface area contributed by atoms with Gasteiger partial charge in [0.1, 0.15) is 0 Å². The third-order valence-corrected chi connectivity index (χ3v) is 3.13. The minimum atomic E-state index is 0.0557. The molecule has 1 N–H and O–H groups in total. The number of carbonyl (C=O) groups excluding carboxylic acids is 1. The van der Waals surface area contributed by atoms with Crippen LogP contribution in [-0.4, -0.2) is 10.8 Å². The van der Waals surface area contributed by atoms with Crippen molar-refractivity contribution in [3.05, 3.63) is 59.4 Å². The van der Waals surface area contributed by atoms with E-state index in [0.717, 1.165) is 17.7 Å². The smallest absolute Gasteiger partial charge is 0.209 e. The van der Waals surface area contributed by atoms with Gasteiger partial charge in [-0.05, 0) is 24.5 Å². The van der Waals surface area contributed by atoms with Crippen LogP contribution in [0.15, 0.2) is 42.5 Å². The lowest BCUT2D eigenvalue weighted by Gasteiger charge is -2.04. The molecule has 2 heteroatoms. The molecule has 88 valence electrons. The van der Waals surface area contributed by atoms with Crippen molar-refractivity contribution in [2.75, 3.05) is 0 Å². The van der Waals surface area contributed by atoms with Crippen LogP contribution < -0.4 is 0 Å². The normalized spacial score (nSPS) is 12.4. The van der Waals surface area contributed by atoms with Gasteiger partial charge >= 0.3 is 0 Å². The average molecular weight is 227 g/mol. The molecule has 2 rings (SSSR count). The SMILES string of the molecule is CCC(C)c1ccc(C(=O)c2ccccc2)[nH]1. The largest absolute Gasteiger partial charge is 0.355 e. The van der Waals surface area contributed by atoms with Crippen molar-refractivity contribution in [1.29, 1.82) is 0 Å². The molecule has 0 aliphatic rings. The number of aromatic amines is 1. The van der Waals surface area contributed by atoms with Crippen LogP contribution in [0.25, 0.3) is 0 Å². The number of rotatable bonds is 4. The standard InChI is InChI=1S/C15H17NO/c1-3-11(2)13-9-10-14(16-13)15(17)12-7-5-4-6-8-12/h4-11,16H,3H2,1-2H3. The van der Waals surface area contributed by atoms with Crippen molar-refractivity contribution < 1.29 is 4.79 Å². The Kier molecular flexibility index (Phi) is 3.43. The fraction of sp³-hybridized carbons (Fsp3) is 0.267. The maximum atomic E-state index is 12.1. The van der Waals surface area contributed by atoms with E-state index in [1.165, 1.54) is 0 Å². The zero-order valence-electron chi connectivity index (χ0n) is 10.2. The maximum absolute atomic E-state index is 12.1. The first-order chi connectivity index (χ1) is 8.22. The molecule has 0 saturated heterocycles. The van der Waals surface area contributed by atoms with Crippen LogP contribution in [0.2, 0.25) is 0 Å². The Morgan fingerprint density at radius 2 is 1.88 bits per heavy atom. The van der Waals surface area contributed by atoms with Crippen LogP contribution in [0.5, 0.6) is 0 Å². The van der Waals surface area contributed by atoms with Crippen LogP contribution in [0.1, 0.15) is 47.9 Å². The first-order valence-corrected chi connectivity index (χ1v) is 6.01. The molecule has 1 heterocycles. The van der Waals surface area contributed by atoms with E-state index in [1.54, 1.807) is 0 Å². The molecule has 1 atom stereocenters. The van der Waals surface area contributed by atoms with Gasteiger partial charge in [-0.1, -0.05) is 44.2 Å². The number of benzene rings is 1. The molecule has 0 radical (unpaired) electrons. The topological polar surface area (TPSA) is 32.9 Å². The Morgan fingerprint density at radius 1 is 1.18 bits per heavy atom. The van der Waals surface area contributed by atoms with E-state index in [1.807, 2.05) is 42.5 Å². The number of H-pyrrole nitrogens is 1. The predicted octanol–water partition coefficient (Wildman–Crippen LogP) is 3.76. The molecule has 1 unspecified atom stereocenters. The number of nitrogens with one attached hydrogen (secondary N) is 1. The van der Waals surface area contributed by atoms with E-state index in [9.17, 15) is 4.79 Å². The Bertz CT molecular complexity index is 499. The van der Waals surface area contributed by atoms with Crippen LogP contribution in [0, 0.1) is 0 Å². The van der Waals surface area contributed by atoms with E-state index >= 15 is 0 Å². The molecule has 0 aliphatic heterocycles. The maximum Gasteiger partial charge on any atom is 0.209 e. The monoisotopic (exact) mass is 227 g/mol. The van der Waals surface area contributed by atoms with Crippen molar-refractivity contribution in [2.24, 2.45) is 0 Å². The Morgan fingerprint density at radius 3 is 2.53 bits per heavy atom. The first-order valence-electron chi connectivity index (χ1n) is 6.01. The summed E-state index contributed by atoms with van der Waals surface area (Å²) >= 11 is 0. The van der Waals surface area contributed by atoms with Crippen LogP contribution >= 0.6 is 0 Å². The van der Waals surface area contributed by atoms with Crippen molar-refractivity contribution in [3.8, 4) is 0 Å². The molecular formula is C15H17NO. The van der Waals surface area contributed by atoms with Gasteiger partial charge in [-0.3, -0.25) is 4.79 Å². The second-order valence-electron chi connectivity index (χ2n) is 4.33. The fourth-order valence-electron chi connectivity index (χ4n) is 1.80. The summed E-state index contributed by atoms with van der Waals surface area (Å²) in [5.41, 5.74) is 2.53. The van der Waals surface area contributed by atoms with Crippen molar-refractivity contribution >= 4 is 5.78 Å². The highest BCUT2D eigenvalue weighted by Crippen LogP contribution is 2.19. The molecule has 2 nitrogen and oxygen atoms in total. The lowest BCUT2D eigenvalue weighted by molar-refractivity contribution is 0.103. The van der Waals surface area contributed by atoms with Gasteiger partial charge in [-0.2, -0.15) is 0 Å². The molecule has 17 heavy (non-hydrogen) atoms. The summed E-state index contributed by atoms with van der Waals surface area (Å²) in [6, 6.07) is 13.2. The van der Waals surface area contributed by atoms with Gasteiger partial charge < -0.3 is 4.98 Å². The van der Waals surface area contributed by atoms with Gasteiger partial charge in [0.2, 0.25) is 5.78 Å². The zero-order chi connectivity index (χ0) is 12.3. The molecule has 0 fully saturated rings. The third-order valence-electron chi connectivity index (χ3n) is 3.13. The summed E-state index contributed by atoms with van der Waals surface area (Å²) in [5.74, 6) is 0.521. The Labute approximate surface area is 102 Å². The zero-order valence-corrected chi connectivity index (χ0v) is 10.2. The third kappa shape index (κ3) is 2.47. The summed E-state index contributed by atoms with van der Waals surface area (Å²) in [6.45, 7) is 4.30. The molecule has 2 aromatic rings. The lowest BCUT2D eigenvalue weighted by atomic mass is 10.1. The summed E-state index contributed by atoms with van der Waals surface area (Å²) in [5, 5.41) is 0. The van der Waals surface area contributed by atoms with Crippen LogP contribution in [0.3, 0.4) is 0 Å². The second-order valence-corrected chi connectivity index (χ2v) is 4.33. The predicted molar refractivity (Wildman–Crippen MR) is 69.4 cm³/mol. The van der Waals surface area contributed by atoms with E-state index in [0.29, 0.717) is 11.6 Å². The summed E-state index contributed by atoms with van der Waals surface area (Å²) < 4.78 is 0. The van der Waals surface area contributed by atoms with Crippen molar-refractivity contribution in [1.82, 2.24) is 4.98 Å². The van der Waals surface area contributed by atoms with Gasteiger partial charge in [-0.15, -0.1) is 0 Å². The number of aromatic nitrogens is 1. The molecule has 0 bridgehead atoms. The van der Waals surface area contributed by atoms with E-state index in [2.05, 4.69) is 18.8 Å². The molecule has 0 saturated carbocycles. The molecular weight excluding hydrogens is 210 g/mol. The summed E-state index contributed by atoms with van der Waals surface area (Å²) in [7, 11) is 0. The van der Waals surface area contributed by atoms with Gasteiger partial charge in [0.25, 0.3) is 0 Å². The second kappa shape index (κ2) is 5.00. The molecule has 0 spiro atoms. The minimum Gasteiger partial charge on any atom is -0.355 e. The summed E-state index contributed by atoms with van der Waals surface area (Å²) in [4.78, 5) is 15.4. The minimum absolute atomic E-state index is 0.0557. The highest BCUT2D eigenvalue weighted by atomic mass is 16.1. The number of ketones is 1. The number of carbonyl (C=O) groups is 1. The van der Waals surface area contributed by atoms with Crippen molar-refractivity contribution in [2.45, 2.75) is 26.2 Å². The first kappa shape index (κ1) is 11.6. The highest BCUT2D eigenvalue weighted by Gasteiger charge is 2.12. The van der Waals surface area contributed by atoms with E-state index in [4.69, 9.17) is 0 Å². The van der Waals surface area contributed by atoms with E-state index < -0.39 is 0 Å². The lowest BCUT2D eigenvalue weighted by Crippen LogP contribution is -2.02. The number of hydrogen-bond donors (Lipinski definition) is 1.